The molecule has 1 amide bonds. The van der Waals surface area contributed by atoms with Gasteiger partial charge >= 0.3 is 0 Å². The summed E-state index contributed by atoms with van der Waals surface area (Å²) in [7, 11) is 1.66. The predicted octanol–water partition coefficient (Wildman–Crippen LogP) is 3.89. The number of methoxy groups -OCH3 is 1. The first-order valence-electron chi connectivity index (χ1n) is 14.2. The number of hydrogen-bond acceptors (Lipinski definition) is 9. The van der Waals surface area contributed by atoms with Gasteiger partial charge in [-0.1, -0.05) is 0 Å². The summed E-state index contributed by atoms with van der Waals surface area (Å²) in [6.45, 7) is 9.63. The molecule has 10 nitrogen and oxygen atoms in total. The molecular weight excluding hydrogens is 508 g/mol. The molecule has 0 bridgehead atoms. The second kappa shape index (κ2) is 13.1. The Kier molecular flexibility index (Phi) is 9.18. The number of nitrogens with zero attached hydrogens (tertiary/aromatic N) is 5. The lowest BCUT2D eigenvalue weighted by atomic mass is 10.0. The highest BCUT2D eigenvalue weighted by molar-refractivity contribution is 5.92. The molecule has 0 aliphatic carbocycles. The minimum Gasteiger partial charge on any atom is -0.493 e. The fourth-order valence-corrected chi connectivity index (χ4v) is 5.45. The number of anilines is 2. The van der Waals surface area contributed by atoms with Crippen molar-refractivity contribution in [3.05, 3.63) is 42.7 Å². The molecule has 1 atom stereocenters. The maximum Gasteiger partial charge on any atom is 0.228 e. The van der Waals surface area contributed by atoms with Crippen molar-refractivity contribution in [1.82, 2.24) is 20.3 Å². The van der Waals surface area contributed by atoms with Gasteiger partial charge < -0.3 is 24.4 Å². The first-order valence-corrected chi connectivity index (χ1v) is 14.2. The molecule has 1 unspecified atom stereocenters. The maximum absolute atomic E-state index is 12.0. The van der Waals surface area contributed by atoms with Gasteiger partial charge in [-0.3, -0.25) is 4.79 Å². The van der Waals surface area contributed by atoms with Gasteiger partial charge in [0.15, 0.2) is 11.5 Å². The number of nitrogens with one attached hydrogen (secondary N) is 1. The van der Waals surface area contributed by atoms with Gasteiger partial charge in [-0.25, -0.2) is 20.0 Å². The van der Waals surface area contributed by atoms with Crippen LogP contribution >= 0.6 is 0 Å². The van der Waals surface area contributed by atoms with Gasteiger partial charge in [0.1, 0.15) is 17.9 Å². The normalized spacial score (nSPS) is 17.8. The minimum absolute atomic E-state index is 0.0993. The van der Waals surface area contributed by atoms with Crippen LogP contribution in [0.2, 0.25) is 0 Å². The standard InChI is InChI=1S/C30H40N6O4/c1-22(2)40-25-8-6-24(7-9-25)36(21-37)35-14-12-34(13-15-35)30-26-17-28(38-3)29(18-27(26)32-20-33-30)39-16-4-5-23-10-11-31-19-23/h6-9,17-18,20-23,31H,4-5,10-16,19H2,1-3H3. The van der Waals surface area contributed by atoms with E-state index in [1.807, 2.05) is 50.2 Å². The van der Waals surface area contributed by atoms with Gasteiger partial charge in [-0.2, -0.15) is 0 Å². The van der Waals surface area contributed by atoms with Crippen LogP contribution in [0.5, 0.6) is 17.2 Å². The first-order chi connectivity index (χ1) is 19.6. The minimum atomic E-state index is 0.0993. The number of amides is 1. The van der Waals surface area contributed by atoms with E-state index in [2.05, 4.69) is 25.2 Å². The summed E-state index contributed by atoms with van der Waals surface area (Å²) in [6, 6.07) is 11.5. The summed E-state index contributed by atoms with van der Waals surface area (Å²) in [5, 5.41) is 8.07. The van der Waals surface area contributed by atoms with Crippen LogP contribution in [0, 0.1) is 5.92 Å². The fourth-order valence-electron chi connectivity index (χ4n) is 5.45. The largest absolute Gasteiger partial charge is 0.493 e. The van der Waals surface area contributed by atoms with Crippen molar-refractivity contribution < 1.29 is 19.0 Å². The van der Waals surface area contributed by atoms with Gasteiger partial charge in [0.2, 0.25) is 6.41 Å². The smallest absolute Gasteiger partial charge is 0.228 e. The van der Waals surface area contributed by atoms with Crippen molar-refractivity contribution in [2.24, 2.45) is 5.92 Å². The number of hydrogen-bond donors (Lipinski definition) is 1. The molecule has 0 radical (unpaired) electrons. The fraction of sp³-hybridized carbons (Fsp3) is 0.500. The lowest BCUT2D eigenvalue weighted by Crippen LogP contribution is -2.54. The highest BCUT2D eigenvalue weighted by Crippen LogP contribution is 2.35. The van der Waals surface area contributed by atoms with Crippen molar-refractivity contribution in [3.8, 4) is 17.2 Å². The van der Waals surface area contributed by atoms with Crippen molar-refractivity contribution in [2.75, 3.05) is 62.9 Å². The maximum atomic E-state index is 12.0. The Hall–Kier alpha value is -3.63. The monoisotopic (exact) mass is 548 g/mol. The molecule has 214 valence electrons. The molecule has 10 heteroatoms. The number of fused-ring (bicyclic) bond motifs is 1. The molecule has 3 heterocycles. The van der Waals surface area contributed by atoms with Crippen molar-refractivity contribution >= 4 is 28.8 Å². The summed E-state index contributed by atoms with van der Waals surface area (Å²) >= 11 is 0. The number of benzene rings is 2. The second-order valence-electron chi connectivity index (χ2n) is 10.6. The molecule has 0 spiro atoms. The number of rotatable bonds is 12. The number of ether oxygens (including phenoxy) is 3. The van der Waals surface area contributed by atoms with Crippen LogP contribution in [-0.2, 0) is 4.79 Å². The average molecular weight is 549 g/mol. The van der Waals surface area contributed by atoms with Gasteiger partial charge in [-0.05, 0) is 82.4 Å². The second-order valence-corrected chi connectivity index (χ2v) is 10.6. The Morgan fingerprint density at radius 3 is 2.58 bits per heavy atom. The van der Waals surface area contributed by atoms with Crippen molar-refractivity contribution in [1.29, 1.82) is 0 Å². The number of aromatic nitrogens is 2. The lowest BCUT2D eigenvalue weighted by molar-refractivity contribution is -0.110. The Morgan fingerprint density at radius 1 is 1.10 bits per heavy atom. The van der Waals surface area contributed by atoms with Crippen molar-refractivity contribution in [2.45, 2.75) is 39.2 Å². The Labute approximate surface area is 236 Å². The van der Waals surface area contributed by atoms with Crippen LogP contribution < -0.4 is 29.4 Å². The molecule has 3 aromatic rings. The zero-order chi connectivity index (χ0) is 27.9. The molecular formula is C30H40N6O4. The summed E-state index contributed by atoms with van der Waals surface area (Å²) < 4.78 is 17.6. The van der Waals surface area contributed by atoms with Crippen LogP contribution in [-0.4, -0.2) is 80.5 Å². The van der Waals surface area contributed by atoms with Crippen LogP contribution in [0.25, 0.3) is 10.9 Å². The molecule has 2 saturated heterocycles. The molecule has 2 aliphatic heterocycles. The third-order valence-corrected chi connectivity index (χ3v) is 7.51. The molecule has 2 aliphatic rings. The number of carbonyl (C=O) groups excluding carboxylic acids is 1. The van der Waals surface area contributed by atoms with Gasteiger partial charge in [0.05, 0.1) is 31.0 Å². The SMILES string of the molecule is COc1cc2c(N3CCN(N(C=O)c4ccc(OC(C)C)cc4)CC3)ncnc2cc1OCCCC1CCNC1. The highest BCUT2D eigenvalue weighted by atomic mass is 16.5. The molecule has 0 saturated carbocycles. The summed E-state index contributed by atoms with van der Waals surface area (Å²) in [5.41, 5.74) is 1.63. The third kappa shape index (κ3) is 6.56. The topological polar surface area (TPSA) is 92.3 Å². The zero-order valence-corrected chi connectivity index (χ0v) is 23.7. The summed E-state index contributed by atoms with van der Waals surface area (Å²) in [6.07, 6.45) is 6.00. The van der Waals surface area contributed by atoms with E-state index < -0.39 is 0 Å². The molecule has 2 fully saturated rings. The molecule has 1 N–H and O–H groups in total. The van der Waals surface area contributed by atoms with E-state index >= 15 is 0 Å². The quantitative estimate of drug-likeness (QED) is 0.267. The Balaban J connectivity index is 1.24. The van der Waals surface area contributed by atoms with Crippen LogP contribution in [0.4, 0.5) is 11.5 Å². The zero-order valence-electron chi connectivity index (χ0n) is 23.7. The van der Waals surface area contributed by atoms with Crippen molar-refractivity contribution in [3.63, 3.8) is 0 Å². The number of piperazine rings is 1. The Morgan fingerprint density at radius 2 is 1.90 bits per heavy atom. The predicted molar refractivity (Wildman–Crippen MR) is 156 cm³/mol. The molecule has 5 rings (SSSR count). The van der Waals surface area contributed by atoms with E-state index in [1.165, 1.54) is 12.8 Å². The van der Waals surface area contributed by atoms with E-state index in [-0.39, 0.29) is 6.10 Å². The summed E-state index contributed by atoms with van der Waals surface area (Å²) in [4.78, 5) is 23.4. The first kappa shape index (κ1) is 27.9. The van der Waals surface area contributed by atoms with Crippen LogP contribution in [0.1, 0.15) is 33.1 Å². The number of carbonyl (C=O) groups is 1. The van der Waals surface area contributed by atoms with E-state index in [0.29, 0.717) is 44.3 Å². The van der Waals surface area contributed by atoms with Crippen LogP contribution in [0.15, 0.2) is 42.7 Å². The molecule has 1 aromatic heterocycles. The van der Waals surface area contributed by atoms with E-state index in [0.717, 1.165) is 60.0 Å². The number of hydrazine groups is 1. The van der Waals surface area contributed by atoms with Gasteiger partial charge in [-0.15, -0.1) is 0 Å². The lowest BCUT2D eigenvalue weighted by Gasteiger charge is -2.40. The van der Waals surface area contributed by atoms with Crippen LogP contribution in [0.3, 0.4) is 0 Å². The Bertz CT molecular complexity index is 1260. The van der Waals surface area contributed by atoms with Gasteiger partial charge in [0.25, 0.3) is 0 Å². The molecule has 40 heavy (non-hydrogen) atoms. The highest BCUT2D eigenvalue weighted by Gasteiger charge is 2.25. The molecule has 2 aromatic carbocycles. The summed E-state index contributed by atoms with van der Waals surface area (Å²) in [5.74, 6) is 3.79. The van der Waals surface area contributed by atoms with Gasteiger partial charge in [0, 0.05) is 37.6 Å². The van der Waals surface area contributed by atoms with E-state index in [1.54, 1.807) is 18.4 Å². The third-order valence-electron chi connectivity index (χ3n) is 7.51. The van der Waals surface area contributed by atoms with E-state index in [9.17, 15) is 4.79 Å². The average Bonchev–Trinajstić information content (AvgIpc) is 3.50. The van der Waals surface area contributed by atoms with E-state index in [4.69, 9.17) is 14.2 Å².